The zero-order valence-corrected chi connectivity index (χ0v) is 15.8. The van der Waals surface area contributed by atoms with Crippen molar-refractivity contribution in [3.63, 3.8) is 0 Å². The summed E-state index contributed by atoms with van der Waals surface area (Å²) in [7, 11) is 0. The van der Waals surface area contributed by atoms with E-state index in [0.717, 1.165) is 23.6 Å². The largest absolute Gasteiger partial charge is 0.326 e. The fraction of sp³-hybridized carbons (Fsp3) is 0.250. The van der Waals surface area contributed by atoms with E-state index in [1.807, 2.05) is 53.4 Å². The summed E-state index contributed by atoms with van der Waals surface area (Å²) in [5.41, 5.74) is 1.70. The molecule has 138 valence electrons. The molecule has 27 heavy (non-hydrogen) atoms. The quantitative estimate of drug-likeness (QED) is 0.753. The van der Waals surface area contributed by atoms with Crippen LogP contribution in [0.3, 0.4) is 0 Å². The van der Waals surface area contributed by atoms with Gasteiger partial charge in [0, 0.05) is 30.3 Å². The minimum absolute atomic E-state index is 0.0615. The van der Waals surface area contributed by atoms with E-state index >= 15 is 0 Å². The predicted molar refractivity (Wildman–Crippen MR) is 105 cm³/mol. The maximum Gasteiger partial charge on any atom is 0.264 e. The van der Waals surface area contributed by atoms with E-state index in [4.69, 9.17) is 0 Å². The van der Waals surface area contributed by atoms with Crippen LogP contribution in [-0.4, -0.2) is 38.9 Å². The van der Waals surface area contributed by atoms with Crippen LogP contribution in [0.15, 0.2) is 54.2 Å². The first-order chi connectivity index (χ1) is 13.1. The number of imidazole rings is 1. The molecule has 1 N–H and O–H groups in total. The molecule has 1 unspecified atom stereocenters. The highest BCUT2D eigenvalue weighted by Gasteiger charge is 2.34. The normalized spacial score (nSPS) is 16.5. The number of carbonyl (C=O) groups excluding carboxylic acids is 2. The van der Waals surface area contributed by atoms with Gasteiger partial charge in [0.15, 0.2) is 0 Å². The number of benzene rings is 1. The topological polar surface area (TPSA) is 67.2 Å². The third kappa shape index (κ3) is 3.50. The van der Waals surface area contributed by atoms with Crippen LogP contribution < -0.4 is 5.32 Å². The fourth-order valence-electron chi connectivity index (χ4n) is 3.41. The molecule has 6 nitrogen and oxygen atoms in total. The lowest BCUT2D eigenvalue weighted by Crippen LogP contribution is -2.42. The van der Waals surface area contributed by atoms with E-state index in [1.165, 1.54) is 11.3 Å². The van der Waals surface area contributed by atoms with Gasteiger partial charge < -0.3 is 14.8 Å². The fourth-order valence-corrected chi connectivity index (χ4v) is 4.08. The molecule has 2 amide bonds. The summed E-state index contributed by atoms with van der Waals surface area (Å²) in [5.74, 6) is 0.707. The second-order valence-electron chi connectivity index (χ2n) is 6.51. The van der Waals surface area contributed by atoms with Crippen molar-refractivity contribution in [1.29, 1.82) is 0 Å². The van der Waals surface area contributed by atoms with E-state index in [1.54, 1.807) is 17.2 Å². The van der Waals surface area contributed by atoms with E-state index in [0.29, 0.717) is 17.8 Å². The van der Waals surface area contributed by atoms with Gasteiger partial charge in [0.1, 0.15) is 11.9 Å². The molecule has 0 aliphatic carbocycles. The number of aromatic nitrogens is 2. The second-order valence-corrected chi connectivity index (χ2v) is 7.46. The minimum Gasteiger partial charge on any atom is -0.326 e. The molecule has 0 radical (unpaired) electrons. The van der Waals surface area contributed by atoms with E-state index in [-0.39, 0.29) is 11.8 Å². The van der Waals surface area contributed by atoms with Gasteiger partial charge in [-0.2, -0.15) is 0 Å². The average molecular weight is 380 g/mol. The maximum absolute atomic E-state index is 12.8. The van der Waals surface area contributed by atoms with Gasteiger partial charge in [-0.05, 0) is 55.5 Å². The van der Waals surface area contributed by atoms with Crippen molar-refractivity contribution in [1.82, 2.24) is 14.5 Å². The van der Waals surface area contributed by atoms with Crippen molar-refractivity contribution in [3.8, 4) is 5.69 Å². The standard InChI is InChI=1S/C20H20N4O2S/c1-14-21-10-12-23(14)16-8-6-15(7-9-16)22-19(25)17-4-2-11-24(17)20(26)18-5-3-13-27-18/h3,5-10,12-13,17H,2,4,11H2,1H3,(H,22,25). The minimum atomic E-state index is -0.421. The zero-order chi connectivity index (χ0) is 18.8. The van der Waals surface area contributed by atoms with Crippen LogP contribution in [0.25, 0.3) is 5.69 Å². The van der Waals surface area contributed by atoms with Crippen LogP contribution in [0.5, 0.6) is 0 Å². The number of carbonyl (C=O) groups is 2. The maximum atomic E-state index is 12.8. The number of thiophene rings is 1. The molecular weight excluding hydrogens is 360 g/mol. The smallest absolute Gasteiger partial charge is 0.264 e. The molecule has 3 heterocycles. The van der Waals surface area contributed by atoms with Crippen molar-refractivity contribution in [3.05, 3.63) is 64.9 Å². The molecule has 4 rings (SSSR count). The van der Waals surface area contributed by atoms with Gasteiger partial charge >= 0.3 is 0 Å². The van der Waals surface area contributed by atoms with E-state index in [2.05, 4.69) is 10.3 Å². The summed E-state index contributed by atoms with van der Waals surface area (Å²) in [4.78, 5) is 32.0. The molecule has 2 aromatic heterocycles. The Bertz CT molecular complexity index is 947. The number of anilines is 1. The van der Waals surface area contributed by atoms with Crippen molar-refractivity contribution in [2.45, 2.75) is 25.8 Å². The molecule has 1 aliphatic rings. The monoisotopic (exact) mass is 380 g/mol. The third-order valence-electron chi connectivity index (χ3n) is 4.79. The number of nitrogens with one attached hydrogen (secondary N) is 1. The summed E-state index contributed by atoms with van der Waals surface area (Å²) >= 11 is 1.41. The Labute approximate surface area is 161 Å². The van der Waals surface area contributed by atoms with Gasteiger partial charge in [-0.25, -0.2) is 4.98 Å². The van der Waals surface area contributed by atoms with Crippen LogP contribution in [-0.2, 0) is 4.79 Å². The van der Waals surface area contributed by atoms with E-state index < -0.39 is 6.04 Å². The Balaban J connectivity index is 1.45. The molecule has 1 fully saturated rings. The molecule has 1 atom stereocenters. The van der Waals surface area contributed by atoms with Crippen LogP contribution in [0.4, 0.5) is 5.69 Å². The number of hydrogen-bond donors (Lipinski definition) is 1. The van der Waals surface area contributed by atoms with Gasteiger partial charge in [0.25, 0.3) is 5.91 Å². The Hall–Kier alpha value is -2.93. The number of amides is 2. The molecule has 0 saturated carbocycles. The lowest BCUT2D eigenvalue weighted by atomic mass is 10.2. The lowest BCUT2D eigenvalue weighted by molar-refractivity contribution is -0.119. The zero-order valence-electron chi connectivity index (χ0n) is 15.0. The molecule has 0 spiro atoms. The van der Waals surface area contributed by atoms with Crippen molar-refractivity contribution in [2.24, 2.45) is 0 Å². The van der Waals surface area contributed by atoms with Crippen molar-refractivity contribution >= 4 is 28.8 Å². The lowest BCUT2D eigenvalue weighted by Gasteiger charge is -2.23. The second kappa shape index (κ2) is 7.36. The van der Waals surface area contributed by atoms with Crippen LogP contribution in [0, 0.1) is 6.92 Å². The van der Waals surface area contributed by atoms with Crippen molar-refractivity contribution in [2.75, 3.05) is 11.9 Å². The highest BCUT2D eigenvalue weighted by Crippen LogP contribution is 2.24. The van der Waals surface area contributed by atoms with Gasteiger partial charge in [0.2, 0.25) is 5.91 Å². The summed E-state index contributed by atoms with van der Waals surface area (Å²) in [6.07, 6.45) is 5.18. The molecule has 0 bridgehead atoms. The van der Waals surface area contributed by atoms with Crippen molar-refractivity contribution < 1.29 is 9.59 Å². The number of likely N-dealkylation sites (tertiary alicyclic amines) is 1. The first kappa shape index (κ1) is 17.5. The number of aryl methyl sites for hydroxylation is 1. The van der Waals surface area contributed by atoms with Crippen LogP contribution in [0.1, 0.15) is 28.3 Å². The molecule has 1 saturated heterocycles. The number of hydrogen-bond acceptors (Lipinski definition) is 4. The van der Waals surface area contributed by atoms with Gasteiger partial charge in [-0.3, -0.25) is 9.59 Å². The highest BCUT2D eigenvalue weighted by molar-refractivity contribution is 7.12. The first-order valence-corrected chi connectivity index (χ1v) is 9.77. The highest BCUT2D eigenvalue weighted by atomic mass is 32.1. The van der Waals surface area contributed by atoms with Gasteiger partial charge in [-0.1, -0.05) is 6.07 Å². The summed E-state index contributed by atoms with van der Waals surface area (Å²) in [6.45, 7) is 2.56. The summed E-state index contributed by atoms with van der Waals surface area (Å²) in [6, 6.07) is 10.8. The predicted octanol–water partition coefficient (Wildman–Crippen LogP) is 3.49. The number of rotatable bonds is 4. The third-order valence-corrected chi connectivity index (χ3v) is 5.64. The van der Waals surface area contributed by atoms with Crippen LogP contribution >= 0.6 is 11.3 Å². The Morgan fingerprint density at radius 1 is 1.22 bits per heavy atom. The molecule has 1 aliphatic heterocycles. The Morgan fingerprint density at radius 2 is 2.04 bits per heavy atom. The van der Waals surface area contributed by atoms with Gasteiger partial charge in [-0.15, -0.1) is 11.3 Å². The van der Waals surface area contributed by atoms with E-state index in [9.17, 15) is 9.59 Å². The molecule has 7 heteroatoms. The number of nitrogens with zero attached hydrogens (tertiary/aromatic N) is 3. The molecule has 3 aromatic rings. The van der Waals surface area contributed by atoms with Crippen LogP contribution in [0.2, 0.25) is 0 Å². The Morgan fingerprint density at radius 3 is 2.70 bits per heavy atom. The average Bonchev–Trinajstić information content (AvgIpc) is 3.43. The Kier molecular flexibility index (Phi) is 4.77. The summed E-state index contributed by atoms with van der Waals surface area (Å²) in [5, 5.41) is 4.82. The first-order valence-electron chi connectivity index (χ1n) is 8.89. The SMILES string of the molecule is Cc1nccn1-c1ccc(NC(=O)C2CCCN2C(=O)c2cccs2)cc1. The summed E-state index contributed by atoms with van der Waals surface area (Å²) < 4.78 is 1.98. The molecule has 1 aromatic carbocycles. The van der Waals surface area contributed by atoms with Gasteiger partial charge in [0.05, 0.1) is 4.88 Å². The molecular formula is C20H20N4O2S.